The molecule has 2 rings (SSSR count). The van der Waals surface area contributed by atoms with E-state index in [1.807, 2.05) is 6.92 Å². The van der Waals surface area contributed by atoms with E-state index in [-0.39, 0.29) is 6.04 Å². The number of hydrogen-bond donors (Lipinski definition) is 1. The largest absolute Gasteiger partial charge is 0.380 e. The van der Waals surface area contributed by atoms with Crippen LogP contribution in [0.4, 0.5) is 0 Å². The molecule has 20 heavy (non-hydrogen) atoms. The SMILES string of the molecule is CCOCC(N)c1noc(CCc2cccc(C)c2)n1. The first-order valence-corrected chi connectivity index (χ1v) is 6.90. The van der Waals surface area contributed by atoms with Crippen molar-refractivity contribution < 1.29 is 9.26 Å². The minimum atomic E-state index is -0.327. The van der Waals surface area contributed by atoms with E-state index >= 15 is 0 Å². The molecule has 1 aromatic heterocycles. The molecule has 0 bridgehead atoms. The van der Waals surface area contributed by atoms with Gasteiger partial charge in [-0.25, -0.2) is 0 Å². The third kappa shape index (κ3) is 4.15. The normalized spacial score (nSPS) is 12.6. The van der Waals surface area contributed by atoms with Crippen molar-refractivity contribution in [2.75, 3.05) is 13.2 Å². The van der Waals surface area contributed by atoms with Crippen LogP contribution in [0.1, 0.15) is 35.8 Å². The minimum Gasteiger partial charge on any atom is -0.380 e. The van der Waals surface area contributed by atoms with Gasteiger partial charge in [0.25, 0.3) is 0 Å². The van der Waals surface area contributed by atoms with Crippen molar-refractivity contribution in [1.29, 1.82) is 0 Å². The number of nitrogens with two attached hydrogens (primary N) is 1. The molecule has 5 nitrogen and oxygen atoms in total. The second-order valence-electron chi connectivity index (χ2n) is 4.80. The van der Waals surface area contributed by atoms with Crippen molar-refractivity contribution in [1.82, 2.24) is 10.1 Å². The Kier molecular flexibility index (Phi) is 5.26. The van der Waals surface area contributed by atoms with Crippen LogP contribution in [-0.2, 0) is 17.6 Å². The zero-order valence-corrected chi connectivity index (χ0v) is 12.0. The minimum absolute atomic E-state index is 0.327. The summed E-state index contributed by atoms with van der Waals surface area (Å²) in [6.07, 6.45) is 1.60. The van der Waals surface area contributed by atoms with Crippen LogP contribution in [0.3, 0.4) is 0 Å². The molecule has 5 heteroatoms. The van der Waals surface area contributed by atoms with Gasteiger partial charge in [0.15, 0.2) is 5.82 Å². The Bertz CT molecular complexity index is 539. The van der Waals surface area contributed by atoms with E-state index in [1.165, 1.54) is 11.1 Å². The molecule has 0 spiro atoms. The summed E-state index contributed by atoms with van der Waals surface area (Å²) in [7, 11) is 0. The van der Waals surface area contributed by atoms with Crippen molar-refractivity contribution in [3.63, 3.8) is 0 Å². The lowest BCUT2D eigenvalue weighted by Crippen LogP contribution is -2.18. The summed E-state index contributed by atoms with van der Waals surface area (Å²) in [6.45, 7) is 5.05. The highest BCUT2D eigenvalue weighted by molar-refractivity contribution is 5.22. The van der Waals surface area contributed by atoms with Crippen molar-refractivity contribution >= 4 is 0 Å². The summed E-state index contributed by atoms with van der Waals surface area (Å²) in [5.41, 5.74) is 8.44. The maximum Gasteiger partial charge on any atom is 0.227 e. The van der Waals surface area contributed by atoms with Crippen LogP contribution >= 0.6 is 0 Å². The summed E-state index contributed by atoms with van der Waals surface area (Å²) >= 11 is 0. The van der Waals surface area contributed by atoms with Crippen LogP contribution < -0.4 is 5.73 Å². The van der Waals surface area contributed by atoms with Crippen LogP contribution in [0.5, 0.6) is 0 Å². The fourth-order valence-corrected chi connectivity index (χ4v) is 1.96. The first kappa shape index (κ1) is 14.7. The number of nitrogens with zero attached hydrogens (tertiary/aromatic N) is 2. The van der Waals surface area contributed by atoms with Crippen LogP contribution in [0.25, 0.3) is 0 Å². The molecule has 0 saturated carbocycles. The van der Waals surface area contributed by atoms with Gasteiger partial charge in [-0.05, 0) is 25.8 Å². The molecule has 0 fully saturated rings. The molecule has 0 radical (unpaired) electrons. The van der Waals surface area contributed by atoms with Crippen LogP contribution in [0.2, 0.25) is 0 Å². The maximum atomic E-state index is 5.91. The van der Waals surface area contributed by atoms with E-state index in [0.717, 1.165) is 12.8 Å². The number of aryl methyl sites for hydroxylation is 3. The number of benzene rings is 1. The van der Waals surface area contributed by atoms with Crippen LogP contribution in [-0.4, -0.2) is 23.4 Å². The lowest BCUT2D eigenvalue weighted by molar-refractivity contribution is 0.130. The standard InChI is InChI=1S/C15H21N3O2/c1-3-19-10-13(16)15-17-14(20-18-15)8-7-12-6-4-5-11(2)9-12/h4-6,9,13H,3,7-8,10,16H2,1-2H3. The lowest BCUT2D eigenvalue weighted by atomic mass is 10.1. The quantitative estimate of drug-likeness (QED) is 0.838. The molecule has 0 aliphatic heterocycles. The van der Waals surface area contributed by atoms with E-state index in [1.54, 1.807) is 0 Å². The summed E-state index contributed by atoms with van der Waals surface area (Å²) < 4.78 is 10.5. The van der Waals surface area contributed by atoms with Crippen molar-refractivity contribution in [2.45, 2.75) is 32.7 Å². The number of ether oxygens (including phenoxy) is 1. The number of aromatic nitrogens is 2. The van der Waals surface area contributed by atoms with Gasteiger partial charge in [-0.2, -0.15) is 4.98 Å². The van der Waals surface area contributed by atoms with Gasteiger partial charge in [0, 0.05) is 13.0 Å². The first-order valence-electron chi connectivity index (χ1n) is 6.90. The molecule has 0 aliphatic rings. The molecule has 1 unspecified atom stereocenters. The maximum absolute atomic E-state index is 5.91. The number of rotatable bonds is 7. The second kappa shape index (κ2) is 7.17. The Morgan fingerprint density at radius 1 is 1.35 bits per heavy atom. The number of hydrogen-bond acceptors (Lipinski definition) is 5. The van der Waals surface area contributed by atoms with Crippen molar-refractivity contribution in [3.05, 3.63) is 47.1 Å². The fourth-order valence-electron chi connectivity index (χ4n) is 1.96. The van der Waals surface area contributed by atoms with Gasteiger partial charge in [0.05, 0.1) is 12.6 Å². The monoisotopic (exact) mass is 275 g/mol. The molecule has 2 aromatic rings. The van der Waals surface area contributed by atoms with Gasteiger partial charge in [0.2, 0.25) is 5.89 Å². The average Bonchev–Trinajstić information content (AvgIpc) is 2.91. The molecule has 1 atom stereocenters. The summed E-state index contributed by atoms with van der Waals surface area (Å²) in [4.78, 5) is 4.32. The average molecular weight is 275 g/mol. The molecule has 0 saturated heterocycles. The fraction of sp³-hybridized carbons (Fsp3) is 0.467. The predicted molar refractivity (Wildman–Crippen MR) is 76.3 cm³/mol. The molecule has 1 heterocycles. The Morgan fingerprint density at radius 2 is 2.20 bits per heavy atom. The summed E-state index contributed by atoms with van der Waals surface area (Å²) in [6, 6.07) is 8.08. The smallest absolute Gasteiger partial charge is 0.227 e. The Morgan fingerprint density at radius 3 is 2.95 bits per heavy atom. The highest BCUT2D eigenvalue weighted by Crippen LogP contribution is 2.11. The Labute approximate surface area is 119 Å². The van der Waals surface area contributed by atoms with Gasteiger partial charge in [-0.1, -0.05) is 35.0 Å². The van der Waals surface area contributed by atoms with Gasteiger partial charge in [-0.15, -0.1) is 0 Å². The molecular weight excluding hydrogens is 254 g/mol. The van der Waals surface area contributed by atoms with E-state index in [2.05, 4.69) is 41.3 Å². The van der Waals surface area contributed by atoms with Crippen LogP contribution in [0.15, 0.2) is 28.8 Å². The molecule has 108 valence electrons. The lowest BCUT2D eigenvalue weighted by Gasteiger charge is -2.05. The molecular formula is C15H21N3O2. The molecule has 0 aliphatic carbocycles. The molecule has 2 N–H and O–H groups in total. The highest BCUT2D eigenvalue weighted by Gasteiger charge is 2.14. The Balaban J connectivity index is 1.89. The topological polar surface area (TPSA) is 74.2 Å². The van der Waals surface area contributed by atoms with E-state index in [4.69, 9.17) is 15.0 Å². The van der Waals surface area contributed by atoms with E-state index in [9.17, 15) is 0 Å². The van der Waals surface area contributed by atoms with Crippen LogP contribution in [0, 0.1) is 6.92 Å². The van der Waals surface area contributed by atoms with Gasteiger partial charge < -0.3 is 15.0 Å². The molecule has 0 amide bonds. The summed E-state index contributed by atoms with van der Waals surface area (Å²) in [5, 5.41) is 3.91. The van der Waals surface area contributed by atoms with Gasteiger partial charge >= 0.3 is 0 Å². The molecule has 1 aromatic carbocycles. The third-order valence-electron chi connectivity index (χ3n) is 3.03. The predicted octanol–water partition coefficient (Wildman–Crippen LogP) is 2.20. The highest BCUT2D eigenvalue weighted by atomic mass is 16.5. The van der Waals surface area contributed by atoms with Crippen molar-refractivity contribution in [2.24, 2.45) is 5.73 Å². The van der Waals surface area contributed by atoms with Crippen molar-refractivity contribution in [3.8, 4) is 0 Å². The van der Waals surface area contributed by atoms with Gasteiger partial charge in [-0.3, -0.25) is 0 Å². The Hall–Kier alpha value is -1.72. The first-order chi connectivity index (χ1) is 9.69. The zero-order valence-electron chi connectivity index (χ0n) is 12.0. The van der Waals surface area contributed by atoms with E-state index < -0.39 is 0 Å². The van der Waals surface area contributed by atoms with Gasteiger partial charge in [0.1, 0.15) is 0 Å². The third-order valence-corrected chi connectivity index (χ3v) is 3.03. The summed E-state index contributed by atoms with van der Waals surface area (Å²) in [5.74, 6) is 1.13. The van der Waals surface area contributed by atoms with E-state index in [0.29, 0.717) is 24.9 Å². The second-order valence-corrected chi connectivity index (χ2v) is 4.80. The zero-order chi connectivity index (χ0) is 14.4.